The van der Waals surface area contributed by atoms with Gasteiger partial charge in [-0.3, -0.25) is 5.73 Å². The molecule has 3 aliphatic rings. The number of fused-ring (bicyclic) bond motifs is 1. The Kier molecular flexibility index (Phi) is 7.09. The van der Waals surface area contributed by atoms with Crippen LogP contribution in [0.25, 0.3) is 5.65 Å². The van der Waals surface area contributed by atoms with Crippen molar-refractivity contribution in [2.24, 2.45) is 17.1 Å². The smallest absolute Gasteiger partial charge is 0.431 e. The van der Waals surface area contributed by atoms with Crippen molar-refractivity contribution in [1.29, 1.82) is 5.26 Å². The first-order valence-electron chi connectivity index (χ1n) is 13.0. The number of halogens is 5. The minimum absolute atomic E-state index is 0.0609. The molecule has 0 aromatic carbocycles. The molecule has 2 aliphatic carbocycles. The number of urea groups is 1. The number of hydrogen-bond donors (Lipinski definition) is 2. The van der Waals surface area contributed by atoms with Crippen molar-refractivity contribution in [3.63, 3.8) is 0 Å². The number of carbonyl (C=O) groups is 2. The maximum absolute atomic E-state index is 13.8. The van der Waals surface area contributed by atoms with E-state index in [-0.39, 0.29) is 43.4 Å². The Hall–Kier alpha value is -3.58. The van der Waals surface area contributed by atoms with Crippen LogP contribution in [-0.2, 0) is 20.0 Å². The zero-order valence-electron chi connectivity index (χ0n) is 22.0. The van der Waals surface area contributed by atoms with Crippen LogP contribution in [0.15, 0.2) is 18.5 Å². The summed E-state index contributed by atoms with van der Waals surface area (Å²) in [4.78, 5) is 30.5. The summed E-state index contributed by atoms with van der Waals surface area (Å²) in [6, 6.07) is 2.41. The van der Waals surface area contributed by atoms with Crippen molar-refractivity contribution in [2.45, 2.75) is 68.4 Å². The number of carbonyl (C=O) groups excluding carboxylic acids is 2. The van der Waals surface area contributed by atoms with Crippen LogP contribution in [0.3, 0.4) is 0 Å². The monoisotopic (exact) mass is 585 g/mol. The van der Waals surface area contributed by atoms with Crippen molar-refractivity contribution in [3.8, 4) is 6.07 Å². The molecule has 5 rings (SSSR count). The third-order valence-corrected chi connectivity index (χ3v) is 8.26. The third-order valence-electron chi connectivity index (χ3n) is 8.26. The van der Waals surface area contributed by atoms with Gasteiger partial charge in [0, 0.05) is 38.0 Å². The van der Waals surface area contributed by atoms with E-state index < -0.39 is 60.0 Å². The number of esters is 1. The summed E-state index contributed by atoms with van der Waals surface area (Å²) in [7, 11) is 1.45. The Balaban J connectivity index is 1.47. The van der Waals surface area contributed by atoms with Gasteiger partial charge in [-0.1, -0.05) is 0 Å². The summed E-state index contributed by atoms with van der Waals surface area (Å²) in [6.07, 6.45) is -3.29. The van der Waals surface area contributed by atoms with Crippen LogP contribution >= 0.6 is 0 Å². The molecule has 11 nitrogen and oxygen atoms in total. The molecule has 1 saturated heterocycles. The van der Waals surface area contributed by atoms with E-state index in [4.69, 9.17) is 15.2 Å². The van der Waals surface area contributed by atoms with Crippen molar-refractivity contribution < 1.29 is 41.0 Å². The summed E-state index contributed by atoms with van der Waals surface area (Å²) in [5, 5.41) is 16.7. The number of nitrogens with two attached hydrogens (primary N) is 1. The van der Waals surface area contributed by atoms with E-state index >= 15 is 0 Å². The lowest BCUT2D eigenvalue weighted by molar-refractivity contribution is -0.223. The molecule has 3 atom stereocenters. The highest BCUT2D eigenvalue weighted by Crippen LogP contribution is 2.50. The van der Waals surface area contributed by atoms with Gasteiger partial charge in [-0.15, -0.1) is 0 Å². The normalized spacial score (nSPS) is 24.4. The predicted octanol–water partition coefficient (Wildman–Crippen LogP) is 3.16. The Morgan fingerprint density at radius 3 is 2.56 bits per heavy atom. The summed E-state index contributed by atoms with van der Waals surface area (Å²) < 4.78 is 78.4. The summed E-state index contributed by atoms with van der Waals surface area (Å²) in [5.41, 5.74) is 3.50. The second-order valence-electron chi connectivity index (χ2n) is 10.9. The van der Waals surface area contributed by atoms with Gasteiger partial charge in [0.15, 0.2) is 5.65 Å². The van der Waals surface area contributed by atoms with Crippen LogP contribution in [-0.4, -0.2) is 69.9 Å². The van der Waals surface area contributed by atoms with Gasteiger partial charge in [0.05, 0.1) is 42.6 Å². The number of rotatable bonds is 8. The zero-order chi connectivity index (χ0) is 29.8. The maximum Gasteiger partial charge on any atom is 0.491 e. The minimum Gasteiger partial charge on any atom is -0.431 e. The fraction of sp³-hybridized carbons (Fsp3) is 0.640. The van der Waals surface area contributed by atoms with Crippen LogP contribution in [0.4, 0.5) is 26.7 Å². The zero-order valence-corrected chi connectivity index (χ0v) is 22.0. The Labute approximate surface area is 230 Å². The molecule has 0 radical (unpaired) electrons. The molecule has 0 bridgehead atoms. The Morgan fingerprint density at radius 1 is 1.29 bits per heavy atom. The average Bonchev–Trinajstić information content (AvgIpc) is 3.43. The fourth-order valence-electron chi connectivity index (χ4n) is 5.62. The molecule has 2 aromatic rings. The second kappa shape index (κ2) is 10.1. The van der Waals surface area contributed by atoms with Crippen molar-refractivity contribution in [1.82, 2.24) is 24.8 Å². The lowest BCUT2D eigenvalue weighted by Crippen LogP contribution is -2.52. The van der Waals surface area contributed by atoms with Crippen molar-refractivity contribution in [2.75, 3.05) is 20.3 Å². The van der Waals surface area contributed by atoms with E-state index in [9.17, 15) is 36.8 Å². The van der Waals surface area contributed by atoms with Crippen molar-refractivity contribution >= 4 is 17.6 Å². The number of methoxy groups -OCH3 is 1. The molecule has 0 unspecified atom stereocenters. The third kappa shape index (κ3) is 5.40. The molecule has 1 aliphatic heterocycles. The molecular formula is C25H28F5N7O4. The van der Waals surface area contributed by atoms with E-state index in [0.717, 1.165) is 0 Å². The van der Waals surface area contributed by atoms with Crippen LogP contribution in [0, 0.1) is 22.7 Å². The lowest BCUT2D eigenvalue weighted by Gasteiger charge is -2.39. The quantitative estimate of drug-likeness (QED) is 0.273. The molecule has 2 aromatic heterocycles. The standard InChI is InChI=1S/C25H28F5N7O4/c1-40-12-16(36-10-17(35-21(36)39)22(13-31)6-7-22)14-8-19-34-18(11-37(19)33-9-14)24(32,41-20(38)25(28,29)30)15-2-4-23(26,27)5-3-15/h8-9,11,15-17H,2-7,10,12,32H2,1H3,(H,35,39)/t16-,17+,24+/m1/s1. The first kappa shape index (κ1) is 28.9. The number of imidazole rings is 1. The number of ether oxygens (including phenoxy) is 2. The number of hydrogen-bond acceptors (Lipinski definition) is 8. The molecule has 3 heterocycles. The summed E-state index contributed by atoms with van der Waals surface area (Å²) in [5.74, 6) is -6.65. The minimum atomic E-state index is -5.38. The highest BCUT2D eigenvalue weighted by atomic mass is 19.4. The van der Waals surface area contributed by atoms with Gasteiger partial charge in [-0.05, 0) is 31.7 Å². The molecular weight excluding hydrogens is 557 g/mol. The Morgan fingerprint density at radius 2 is 1.98 bits per heavy atom. The molecule has 16 heteroatoms. The fourth-order valence-corrected chi connectivity index (χ4v) is 5.62. The van der Waals surface area contributed by atoms with Crippen LogP contribution in [0.2, 0.25) is 0 Å². The van der Waals surface area contributed by atoms with Gasteiger partial charge in [0.1, 0.15) is 5.69 Å². The van der Waals surface area contributed by atoms with Gasteiger partial charge < -0.3 is 19.7 Å². The van der Waals surface area contributed by atoms with Gasteiger partial charge >= 0.3 is 18.2 Å². The number of nitriles is 1. The van der Waals surface area contributed by atoms with Crippen LogP contribution < -0.4 is 11.1 Å². The molecule has 41 heavy (non-hydrogen) atoms. The summed E-state index contributed by atoms with van der Waals surface area (Å²) in [6.45, 7) is 0.308. The van der Waals surface area contributed by atoms with E-state index in [0.29, 0.717) is 18.4 Å². The first-order chi connectivity index (χ1) is 19.2. The number of aromatic nitrogens is 3. The van der Waals surface area contributed by atoms with Gasteiger partial charge in [-0.25, -0.2) is 27.9 Å². The largest absolute Gasteiger partial charge is 0.491 e. The van der Waals surface area contributed by atoms with Crippen molar-refractivity contribution in [3.05, 3.63) is 29.7 Å². The van der Waals surface area contributed by atoms with E-state index in [2.05, 4.69) is 21.5 Å². The number of nitrogens with zero attached hydrogens (tertiary/aromatic N) is 5. The second-order valence-corrected chi connectivity index (χ2v) is 10.9. The van der Waals surface area contributed by atoms with Gasteiger partial charge in [0.2, 0.25) is 11.6 Å². The Bertz CT molecular complexity index is 1380. The first-order valence-corrected chi connectivity index (χ1v) is 13.0. The molecule has 222 valence electrons. The molecule has 2 saturated carbocycles. The predicted molar refractivity (Wildman–Crippen MR) is 129 cm³/mol. The topological polar surface area (TPSA) is 148 Å². The highest BCUT2D eigenvalue weighted by molar-refractivity contribution is 5.78. The summed E-state index contributed by atoms with van der Waals surface area (Å²) >= 11 is 0. The van der Waals surface area contributed by atoms with E-state index in [1.165, 1.54) is 35.0 Å². The van der Waals surface area contributed by atoms with Gasteiger partial charge in [0.25, 0.3) is 0 Å². The van der Waals surface area contributed by atoms with E-state index in [1.807, 2.05) is 0 Å². The van der Waals surface area contributed by atoms with Crippen LogP contribution in [0.5, 0.6) is 0 Å². The molecule has 3 N–H and O–H groups in total. The van der Waals surface area contributed by atoms with Gasteiger partial charge in [-0.2, -0.15) is 23.5 Å². The molecule has 0 spiro atoms. The maximum atomic E-state index is 13.8. The SMILES string of the molecule is COC[C@H](c1cnn2cc([C@@](N)(OC(=O)C(F)(F)F)C3CCC(F)(F)CC3)nc2c1)N1C[C@@H](C2(C#N)CC2)NC1=O. The number of nitrogens with one attached hydrogen (secondary N) is 1. The molecule has 3 fully saturated rings. The number of amides is 2. The lowest BCUT2D eigenvalue weighted by atomic mass is 9.79. The number of alkyl halides is 5. The van der Waals surface area contributed by atoms with E-state index in [1.54, 1.807) is 0 Å². The molecule has 2 amide bonds. The average molecular weight is 586 g/mol. The van der Waals surface area contributed by atoms with Crippen LogP contribution in [0.1, 0.15) is 55.8 Å². The highest BCUT2D eigenvalue weighted by Gasteiger charge is 2.55.